The number of aromatic nitrogens is 5. The minimum atomic E-state index is -0.647. The molecule has 0 spiro atoms. The van der Waals surface area contributed by atoms with Crippen LogP contribution in [-0.2, 0) is 24.9 Å². The van der Waals surface area contributed by atoms with E-state index in [2.05, 4.69) is 20.3 Å². The van der Waals surface area contributed by atoms with Crippen LogP contribution in [0.5, 0.6) is 0 Å². The zero-order chi connectivity index (χ0) is 22.0. The number of halogens is 1. The Kier molecular flexibility index (Phi) is 5.59. The average molecular weight is 437 g/mol. The van der Waals surface area contributed by atoms with Gasteiger partial charge in [-0.15, -0.1) is 0 Å². The lowest BCUT2D eigenvalue weighted by atomic mass is 10.2. The topological polar surface area (TPSA) is 112 Å². The molecule has 0 aliphatic carbocycles. The Hall–Kier alpha value is -3.85. The van der Waals surface area contributed by atoms with Crippen molar-refractivity contribution in [2.45, 2.75) is 13.1 Å². The van der Waals surface area contributed by atoms with Crippen LogP contribution in [0.2, 0.25) is 5.02 Å². The summed E-state index contributed by atoms with van der Waals surface area (Å²) in [6.45, 7) is -0.233. The molecule has 0 saturated heterocycles. The summed E-state index contributed by atoms with van der Waals surface area (Å²) < 4.78 is 2.09. The molecule has 1 N–H and O–H groups in total. The van der Waals surface area contributed by atoms with Crippen molar-refractivity contribution in [1.29, 1.82) is 0 Å². The molecule has 3 aromatic heterocycles. The second-order valence-electron chi connectivity index (χ2n) is 6.77. The van der Waals surface area contributed by atoms with Crippen molar-refractivity contribution in [3.8, 4) is 11.4 Å². The van der Waals surface area contributed by atoms with Crippen LogP contribution in [0, 0.1) is 0 Å². The van der Waals surface area contributed by atoms with Crippen molar-refractivity contribution < 1.29 is 4.79 Å². The number of rotatable bonds is 5. The molecule has 10 heteroatoms. The first kappa shape index (κ1) is 20.4. The summed E-state index contributed by atoms with van der Waals surface area (Å²) in [5.41, 5.74) is 0.259. The van der Waals surface area contributed by atoms with Crippen molar-refractivity contribution >= 4 is 28.5 Å². The largest absolute Gasteiger partial charge is 0.349 e. The van der Waals surface area contributed by atoms with E-state index in [0.717, 1.165) is 4.57 Å². The maximum atomic E-state index is 12.9. The van der Waals surface area contributed by atoms with Gasteiger partial charge in [0.1, 0.15) is 11.9 Å². The van der Waals surface area contributed by atoms with E-state index in [-0.39, 0.29) is 17.6 Å². The molecule has 0 fully saturated rings. The quantitative estimate of drug-likeness (QED) is 0.507. The number of hydrogen-bond donors (Lipinski definition) is 1. The third-order valence-electron chi connectivity index (χ3n) is 4.68. The predicted molar refractivity (Wildman–Crippen MR) is 116 cm³/mol. The van der Waals surface area contributed by atoms with Crippen LogP contribution in [0.25, 0.3) is 22.4 Å². The van der Waals surface area contributed by atoms with E-state index in [9.17, 15) is 14.4 Å². The number of benzene rings is 1. The second-order valence-corrected chi connectivity index (χ2v) is 7.20. The van der Waals surface area contributed by atoms with Gasteiger partial charge in [0.05, 0.1) is 12.2 Å². The van der Waals surface area contributed by atoms with Crippen LogP contribution in [0.4, 0.5) is 0 Å². The van der Waals surface area contributed by atoms with Gasteiger partial charge in [0.15, 0.2) is 11.5 Å². The number of carbonyl (C=O) groups excluding carboxylic acids is 1. The van der Waals surface area contributed by atoms with Gasteiger partial charge >= 0.3 is 5.69 Å². The SMILES string of the molecule is Cn1c(=O)n(CC(=O)NCc2ccccn2)c(=O)c2cnc(-c3ccc(Cl)cc3)nc21. The summed E-state index contributed by atoms with van der Waals surface area (Å²) in [6.07, 6.45) is 2.97. The fourth-order valence-corrected chi connectivity index (χ4v) is 3.18. The number of pyridine rings is 1. The zero-order valence-corrected chi connectivity index (χ0v) is 17.2. The van der Waals surface area contributed by atoms with E-state index in [4.69, 9.17) is 11.6 Å². The smallest absolute Gasteiger partial charge is 0.332 e. The van der Waals surface area contributed by atoms with E-state index >= 15 is 0 Å². The van der Waals surface area contributed by atoms with Crippen molar-refractivity contribution in [2.24, 2.45) is 7.05 Å². The van der Waals surface area contributed by atoms with Crippen LogP contribution in [0.1, 0.15) is 5.69 Å². The number of fused-ring (bicyclic) bond motifs is 1. The zero-order valence-electron chi connectivity index (χ0n) is 16.4. The minimum absolute atomic E-state index is 0.136. The van der Waals surface area contributed by atoms with Crippen LogP contribution in [-0.4, -0.2) is 30.0 Å². The van der Waals surface area contributed by atoms with Gasteiger partial charge in [0.2, 0.25) is 5.91 Å². The molecule has 0 atom stereocenters. The lowest BCUT2D eigenvalue weighted by Crippen LogP contribution is -2.43. The van der Waals surface area contributed by atoms with Gasteiger partial charge in [-0.05, 0) is 36.4 Å². The van der Waals surface area contributed by atoms with Gasteiger partial charge in [0, 0.05) is 30.0 Å². The van der Waals surface area contributed by atoms with Crippen LogP contribution >= 0.6 is 11.6 Å². The lowest BCUT2D eigenvalue weighted by Gasteiger charge is -2.11. The Morgan fingerprint density at radius 1 is 1.10 bits per heavy atom. The van der Waals surface area contributed by atoms with E-state index in [1.165, 1.54) is 17.8 Å². The third kappa shape index (κ3) is 4.22. The van der Waals surface area contributed by atoms with Crippen LogP contribution < -0.4 is 16.6 Å². The van der Waals surface area contributed by atoms with E-state index in [1.54, 1.807) is 48.7 Å². The van der Waals surface area contributed by atoms with Gasteiger partial charge in [-0.3, -0.25) is 23.7 Å². The molecule has 0 radical (unpaired) electrons. The molecule has 0 aliphatic heterocycles. The summed E-state index contributed by atoms with van der Waals surface area (Å²) >= 11 is 5.91. The molecule has 0 unspecified atom stereocenters. The minimum Gasteiger partial charge on any atom is -0.349 e. The highest BCUT2D eigenvalue weighted by Crippen LogP contribution is 2.19. The Morgan fingerprint density at radius 3 is 2.58 bits per heavy atom. The summed E-state index contributed by atoms with van der Waals surface area (Å²) in [6, 6.07) is 12.2. The highest BCUT2D eigenvalue weighted by Gasteiger charge is 2.16. The first-order valence-corrected chi connectivity index (χ1v) is 9.71. The fraction of sp³-hybridized carbons (Fsp3) is 0.143. The molecular formula is C21H17ClN6O3. The maximum Gasteiger partial charge on any atom is 0.332 e. The summed E-state index contributed by atoms with van der Waals surface area (Å²) in [5, 5.41) is 3.36. The molecule has 3 heterocycles. The van der Waals surface area contributed by atoms with Gasteiger partial charge in [-0.25, -0.2) is 14.8 Å². The molecule has 0 bridgehead atoms. The molecule has 0 aliphatic rings. The number of hydrogen-bond acceptors (Lipinski definition) is 6. The number of amides is 1. The standard InChI is InChI=1S/C21H17ClN6O3/c1-27-19-16(11-25-18(26-19)13-5-7-14(22)8-6-13)20(30)28(21(27)31)12-17(29)24-10-15-4-2-3-9-23-15/h2-9,11H,10,12H2,1H3,(H,24,29). The molecule has 156 valence electrons. The summed E-state index contributed by atoms with van der Waals surface area (Å²) in [7, 11) is 1.49. The normalized spacial score (nSPS) is 10.9. The number of carbonyl (C=O) groups is 1. The molecule has 31 heavy (non-hydrogen) atoms. The average Bonchev–Trinajstić information content (AvgIpc) is 2.80. The van der Waals surface area contributed by atoms with Crippen molar-refractivity contribution in [3.05, 3.63) is 86.4 Å². The van der Waals surface area contributed by atoms with Gasteiger partial charge in [0.25, 0.3) is 5.56 Å². The molecule has 1 amide bonds. The number of nitrogens with zero attached hydrogens (tertiary/aromatic N) is 5. The Bertz CT molecular complexity index is 1380. The summed E-state index contributed by atoms with van der Waals surface area (Å²) in [4.78, 5) is 50.7. The molecule has 0 saturated carbocycles. The van der Waals surface area contributed by atoms with E-state index < -0.39 is 23.7 Å². The van der Waals surface area contributed by atoms with Gasteiger partial charge in [-0.1, -0.05) is 17.7 Å². The van der Waals surface area contributed by atoms with E-state index in [1.807, 2.05) is 0 Å². The Labute approximate surface area is 181 Å². The molecule has 9 nitrogen and oxygen atoms in total. The Morgan fingerprint density at radius 2 is 1.87 bits per heavy atom. The molecule has 1 aromatic carbocycles. The lowest BCUT2D eigenvalue weighted by molar-refractivity contribution is -0.121. The second kappa shape index (κ2) is 8.49. The van der Waals surface area contributed by atoms with E-state index in [0.29, 0.717) is 22.1 Å². The molecule has 4 rings (SSSR count). The third-order valence-corrected chi connectivity index (χ3v) is 4.93. The first-order chi connectivity index (χ1) is 14.9. The van der Waals surface area contributed by atoms with Crippen LogP contribution in [0.15, 0.2) is 64.4 Å². The van der Waals surface area contributed by atoms with Gasteiger partial charge < -0.3 is 5.32 Å². The monoisotopic (exact) mass is 436 g/mol. The molecular weight excluding hydrogens is 420 g/mol. The highest BCUT2D eigenvalue weighted by atomic mass is 35.5. The number of aryl methyl sites for hydroxylation is 1. The predicted octanol–water partition coefficient (Wildman–Crippen LogP) is 1.52. The number of nitrogens with one attached hydrogen (secondary N) is 1. The van der Waals surface area contributed by atoms with Crippen molar-refractivity contribution in [2.75, 3.05) is 0 Å². The van der Waals surface area contributed by atoms with Crippen LogP contribution in [0.3, 0.4) is 0 Å². The summed E-state index contributed by atoms with van der Waals surface area (Å²) in [5.74, 6) is -0.132. The highest BCUT2D eigenvalue weighted by molar-refractivity contribution is 6.30. The molecule has 4 aromatic rings. The van der Waals surface area contributed by atoms with Gasteiger partial charge in [-0.2, -0.15) is 0 Å². The maximum absolute atomic E-state index is 12.9. The Balaban J connectivity index is 1.65. The fourth-order valence-electron chi connectivity index (χ4n) is 3.05. The first-order valence-electron chi connectivity index (χ1n) is 9.33. The van der Waals surface area contributed by atoms with Crippen molar-refractivity contribution in [3.63, 3.8) is 0 Å². The van der Waals surface area contributed by atoms with Crippen molar-refractivity contribution in [1.82, 2.24) is 29.4 Å².